The standard InChI is InChI=1S/C20H22F3N5O2/c1-3-27(16-10-7-11-17(13-12-16)30-20(21,22)23)18(29-2)14-28-25-19(24-26-28)15-8-5-4-6-9-15/h4-6,8-13,18H,3,7,14H2,1-2H3. The Morgan fingerprint density at radius 2 is 1.93 bits per heavy atom. The van der Waals surface area contributed by atoms with Crippen molar-refractivity contribution < 1.29 is 22.6 Å². The van der Waals surface area contributed by atoms with Crippen molar-refractivity contribution in [2.45, 2.75) is 32.5 Å². The SMILES string of the molecule is CCN(C1=CCC=C(OC(F)(F)F)C=C1)C(Cn1nnc(-c2ccccc2)n1)OC. The maximum atomic E-state index is 12.5. The van der Waals surface area contributed by atoms with Crippen molar-refractivity contribution in [3.05, 3.63) is 66.1 Å². The first-order chi connectivity index (χ1) is 14.4. The predicted octanol–water partition coefficient (Wildman–Crippen LogP) is 3.90. The van der Waals surface area contributed by atoms with Crippen LogP contribution in [0.1, 0.15) is 13.3 Å². The Bertz CT molecular complexity index is 922. The molecule has 1 unspecified atom stereocenters. The smallest absolute Gasteiger partial charge is 0.406 e. The number of allylic oxidation sites excluding steroid dienone is 4. The van der Waals surface area contributed by atoms with E-state index in [1.807, 2.05) is 48.2 Å². The Hall–Kier alpha value is -3.14. The number of likely N-dealkylation sites (N-methyl/N-ethyl adjacent to an activating group) is 1. The van der Waals surface area contributed by atoms with Gasteiger partial charge >= 0.3 is 6.36 Å². The second kappa shape index (κ2) is 9.57. The quantitative estimate of drug-likeness (QED) is 0.603. The van der Waals surface area contributed by atoms with Crippen molar-refractivity contribution in [1.29, 1.82) is 0 Å². The average Bonchev–Trinajstić information content (AvgIpc) is 3.08. The average molecular weight is 421 g/mol. The third-order valence-corrected chi connectivity index (χ3v) is 4.39. The summed E-state index contributed by atoms with van der Waals surface area (Å²) in [7, 11) is 1.56. The molecule has 1 aliphatic rings. The maximum absolute atomic E-state index is 12.5. The van der Waals surface area contributed by atoms with Crippen molar-refractivity contribution in [3.8, 4) is 11.4 Å². The normalized spacial score (nSPS) is 15.2. The number of alkyl halides is 3. The minimum atomic E-state index is -4.73. The van der Waals surface area contributed by atoms with E-state index in [1.54, 1.807) is 13.2 Å². The molecule has 0 bridgehead atoms. The Balaban J connectivity index is 1.71. The molecule has 2 aromatic rings. The number of benzene rings is 1. The lowest BCUT2D eigenvalue weighted by atomic mass is 10.2. The fourth-order valence-electron chi connectivity index (χ4n) is 3.04. The minimum Gasteiger partial charge on any atom is -0.406 e. The number of ether oxygens (including phenoxy) is 2. The fourth-order valence-corrected chi connectivity index (χ4v) is 3.04. The third kappa shape index (κ3) is 5.69. The van der Waals surface area contributed by atoms with Gasteiger partial charge in [0.1, 0.15) is 12.3 Å². The van der Waals surface area contributed by atoms with E-state index in [0.717, 1.165) is 5.56 Å². The number of aromatic nitrogens is 4. The van der Waals surface area contributed by atoms with Crippen LogP contribution in [0.3, 0.4) is 0 Å². The van der Waals surface area contributed by atoms with Gasteiger partial charge in [-0.15, -0.1) is 23.4 Å². The lowest BCUT2D eigenvalue weighted by molar-refractivity contribution is -0.303. The molecule has 0 radical (unpaired) electrons. The Morgan fingerprint density at radius 3 is 2.60 bits per heavy atom. The molecule has 0 amide bonds. The molecule has 0 spiro atoms. The summed E-state index contributed by atoms with van der Waals surface area (Å²) in [5.74, 6) is 0.254. The second-order valence-electron chi connectivity index (χ2n) is 6.36. The van der Waals surface area contributed by atoms with Gasteiger partial charge in [-0.3, -0.25) is 0 Å². The Kier molecular flexibility index (Phi) is 6.88. The number of hydrogen-bond acceptors (Lipinski definition) is 6. The summed E-state index contributed by atoms with van der Waals surface area (Å²) in [4.78, 5) is 3.35. The molecule has 1 aromatic heterocycles. The molecule has 1 aromatic carbocycles. The number of tetrazole rings is 1. The van der Waals surface area contributed by atoms with E-state index < -0.39 is 12.6 Å². The molecule has 1 atom stereocenters. The molecule has 10 heteroatoms. The monoisotopic (exact) mass is 421 g/mol. The highest BCUT2D eigenvalue weighted by Crippen LogP contribution is 2.25. The van der Waals surface area contributed by atoms with E-state index in [-0.39, 0.29) is 12.3 Å². The molecular weight excluding hydrogens is 399 g/mol. The van der Waals surface area contributed by atoms with Crippen LogP contribution in [-0.2, 0) is 16.0 Å². The number of hydrogen-bond donors (Lipinski definition) is 0. The number of methoxy groups -OCH3 is 1. The van der Waals surface area contributed by atoms with Crippen molar-refractivity contribution in [1.82, 2.24) is 25.1 Å². The topological polar surface area (TPSA) is 65.3 Å². The van der Waals surface area contributed by atoms with Crippen LogP contribution < -0.4 is 0 Å². The summed E-state index contributed by atoms with van der Waals surface area (Å²) in [6, 6.07) is 9.47. The summed E-state index contributed by atoms with van der Waals surface area (Å²) in [5.41, 5.74) is 1.56. The summed E-state index contributed by atoms with van der Waals surface area (Å²) in [6.45, 7) is 2.77. The second-order valence-corrected chi connectivity index (χ2v) is 6.36. The van der Waals surface area contributed by atoms with Crippen LogP contribution in [0.5, 0.6) is 0 Å². The molecule has 1 heterocycles. The van der Waals surface area contributed by atoms with Crippen molar-refractivity contribution in [2.24, 2.45) is 0 Å². The van der Waals surface area contributed by atoms with Gasteiger partial charge < -0.3 is 14.4 Å². The zero-order valence-corrected chi connectivity index (χ0v) is 16.6. The van der Waals surface area contributed by atoms with E-state index in [2.05, 4.69) is 20.1 Å². The number of rotatable bonds is 8. The molecule has 160 valence electrons. The molecule has 1 aliphatic carbocycles. The van der Waals surface area contributed by atoms with Crippen LogP contribution >= 0.6 is 0 Å². The van der Waals surface area contributed by atoms with Crippen LogP contribution in [0.15, 0.2) is 66.1 Å². The van der Waals surface area contributed by atoms with Crippen LogP contribution in [0, 0.1) is 0 Å². The zero-order chi connectivity index (χ0) is 21.6. The Morgan fingerprint density at radius 1 is 1.17 bits per heavy atom. The summed E-state index contributed by atoms with van der Waals surface area (Å²) >= 11 is 0. The molecule has 0 N–H and O–H groups in total. The minimum absolute atomic E-state index is 0.246. The summed E-state index contributed by atoms with van der Waals surface area (Å²) in [6.07, 6.45) is 1.16. The lowest BCUT2D eigenvalue weighted by Gasteiger charge is -2.31. The number of nitrogens with zero attached hydrogens (tertiary/aromatic N) is 5. The van der Waals surface area contributed by atoms with Crippen LogP contribution in [0.4, 0.5) is 13.2 Å². The molecule has 0 fully saturated rings. The number of halogens is 3. The van der Waals surface area contributed by atoms with Gasteiger partial charge in [0.15, 0.2) is 6.23 Å². The third-order valence-electron chi connectivity index (χ3n) is 4.39. The molecular formula is C20H22F3N5O2. The Labute approximate surface area is 172 Å². The molecule has 0 saturated heterocycles. The molecule has 0 aliphatic heterocycles. The van der Waals surface area contributed by atoms with Gasteiger partial charge in [-0.25, -0.2) is 0 Å². The van der Waals surface area contributed by atoms with Crippen LogP contribution in [0.25, 0.3) is 11.4 Å². The van der Waals surface area contributed by atoms with Gasteiger partial charge in [0.05, 0.1) is 0 Å². The highest BCUT2D eigenvalue weighted by molar-refractivity contribution is 5.52. The van der Waals surface area contributed by atoms with Gasteiger partial charge in [0.2, 0.25) is 5.82 Å². The van der Waals surface area contributed by atoms with E-state index in [0.29, 0.717) is 24.5 Å². The first kappa shape index (κ1) is 21.6. The van der Waals surface area contributed by atoms with Crippen molar-refractivity contribution >= 4 is 0 Å². The van der Waals surface area contributed by atoms with Gasteiger partial charge in [0.25, 0.3) is 0 Å². The van der Waals surface area contributed by atoms with Crippen LogP contribution in [0.2, 0.25) is 0 Å². The van der Waals surface area contributed by atoms with Gasteiger partial charge in [0, 0.05) is 24.9 Å². The van der Waals surface area contributed by atoms with Crippen molar-refractivity contribution in [3.63, 3.8) is 0 Å². The molecule has 30 heavy (non-hydrogen) atoms. The van der Waals surface area contributed by atoms with E-state index >= 15 is 0 Å². The molecule has 7 nitrogen and oxygen atoms in total. The van der Waals surface area contributed by atoms with Gasteiger partial charge in [-0.1, -0.05) is 36.4 Å². The first-order valence-corrected chi connectivity index (χ1v) is 9.36. The van der Waals surface area contributed by atoms with E-state index in [4.69, 9.17) is 4.74 Å². The first-order valence-electron chi connectivity index (χ1n) is 9.36. The summed E-state index contributed by atoms with van der Waals surface area (Å²) < 4.78 is 47.1. The summed E-state index contributed by atoms with van der Waals surface area (Å²) in [5, 5.41) is 12.6. The van der Waals surface area contributed by atoms with Gasteiger partial charge in [-0.2, -0.15) is 4.80 Å². The van der Waals surface area contributed by atoms with Crippen molar-refractivity contribution in [2.75, 3.05) is 13.7 Å². The largest absolute Gasteiger partial charge is 0.573 e. The van der Waals surface area contributed by atoms with Crippen LogP contribution in [-0.4, -0.2) is 51.4 Å². The predicted molar refractivity (Wildman–Crippen MR) is 103 cm³/mol. The zero-order valence-electron chi connectivity index (χ0n) is 16.6. The fraction of sp³-hybridized carbons (Fsp3) is 0.350. The maximum Gasteiger partial charge on any atom is 0.573 e. The molecule has 3 rings (SSSR count). The van der Waals surface area contributed by atoms with E-state index in [9.17, 15) is 13.2 Å². The molecule has 0 saturated carbocycles. The lowest BCUT2D eigenvalue weighted by Crippen LogP contribution is -2.39. The van der Waals surface area contributed by atoms with Gasteiger partial charge in [-0.05, 0) is 36.8 Å². The highest BCUT2D eigenvalue weighted by Gasteiger charge is 2.31. The van der Waals surface area contributed by atoms with E-state index in [1.165, 1.54) is 16.9 Å². The highest BCUT2D eigenvalue weighted by atomic mass is 19.4.